The third-order valence-corrected chi connectivity index (χ3v) is 3.83. The van der Waals surface area contributed by atoms with Crippen LogP contribution < -0.4 is 10.6 Å². The minimum absolute atomic E-state index is 0.0831. The number of nitriles is 1. The fourth-order valence-corrected chi connectivity index (χ4v) is 2.49. The van der Waals surface area contributed by atoms with Gasteiger partial charge in [0, 0.05) is 24.5 Å². The lowest BCUT2D eigenvalue weighted by Crippen LogP contribution is -2.20. The van der Waals surface area contributed by atoms with E-state index in [1.165, 1.54) is 0 Å². The maximum Gasteiger partial charge on any atom is 0.182 e. The van der Waals surface area contributed by atoms with Gasteiger partial charge in [-0.15, -0.1) is 0 Å². The number of pyridine rings is 2. The zero-order valence-electron chi connectivity index (χ0n) is 15.9. The Labute approximate surface area is 168 Å². The summed E-state index contributed by atoms with van der Waals surface area (Å²) < 4.78 is 0. The highest BCUT2D eigenvalue weighted by molar-refractivity contribution is 6.29. The van der Waals surface area contributed by atoms with E-state index in [-0.39, 0.29) is 5.41 Å². The molecule has 0 aromatic carbocycles. The Kier molecular flexibility index (Phi) is 5.71. The highest BCUT2D eigenvalue weighted by Gasteiger charge is 2.13. The lowest BCUT2D eigenvalue weighted by Gasteiger charge is -2.19. The molecule has 3 heterocycles. The van der Waals surface area contributed by atoms with Crippen LogP contribution in [0, 0.1) is 16.7 Å². The summed E-state index contributed by atoms with van der Waals surface area (Å²) in [5, 5.41) is 16.0. The molecule has 2 N–H and O–H groups in total. The van der Waals surface area contributed by atoms with Crippen LogP contribution in [-0.2, 0) is 0 Å². The maximum absolute atomic E-state index is 9.04. The molecule has 0 saturated carbocycles. The normalized spacial score (nSPS) is 11.0. The number of hydrogen-bond donors (Lipinski definition) is 2. The largest absolute Gasteiger partial charge is 0.369 e. The molecule has 142 valence electrons. The number of nitrogens with one attached hydrogen (secondary N) is 2. The van der Waals surface area contributed by atoms with Crippen molar-refractivity contribution in [2.24, 2.45) is 5.41 Å². The van der Waals surface area contributed by atoms with Crippen molar-refractivity contribution >= 4 is 28.9 Å². The van der Waals surface area contributed by atoms with E-state index >= 15 is 0 Å². The van der Waals surface area contributed by atoms with Gasteiger partial charge in [0.05, 0.1) is 0 Å². The fraction of sp³-hybridized carbons (Fsp3) is 0.250. The second kappa shape index (κ2) is 8.19. The van der Waals surface area contributed by atoms with Crippen LogP contribution in [0.2, 0.25) is 5.15 Å². The summed E-state index contributed by atoms with van der Waals surface area (Å²) >= 11 is 6.02. The van der Waals surface area contributed by atoms with E-state index < -0.39 is 0 Å². The summed E-state index contributed by atoms with van der Waals surface area (Å²) in [6.45, 7) is 7.15. The van der Waals surface area contributed by atoms with Crippen molar-refractivity contribution in [3.05, 3.63) is 53.4 Å². The van der Waals surface area contributed by atoms with Gasteiger partial charge in [0.15, 0.2) is 5.82 Å². The molecule has 0 bridgehead atoms. The molecule has 0 aliphatic heterocycles. The van der Waals surface area contributed by atoms with Crippen LogP contribution in [0.3, 0.4) is 0 Å². The quantitative estimate of drug-likeness (QED) is 0.608. The fourth-order valence-electron chi connectivity index (χ4n) is 2.32. The lowest BCUT2D eigenvalue weighted by atomic mass is 9.97. The Balaban J connectivity index is 1.97. The average molecular weight is 394 g/mol. The van der Waals surface area contributed by atoms with Crippen LogP contribution >= 0.6 is 11.6 Å². The standard InChI is InChI=1S/C20H20ClN7/c1-20(2,3)12-24-17-10-18(25-13-7-8-23-14(9-13)11-22)28-19(27-17)15-5-4-6-16(21)26-15/h4-10H,12H2,1-3H3,(H2,23,24,25,27,28). The molecule has 7 nitrogen and oxygen atoms in total. The van der Waals surface area contributed by atoms with Crippen LogP contribution in [0.25, 0.3) is 11.5 Å². The van der Waals surface area contributed by atoms with Crippen molar-refractivity contribution in [1.82, 2.24) is 19.9 Å². The van der Waals surface area contributed by atoms with Crippen LogP contribution in [0.5, 0.6) is 0 Å². The topological polar surface area (TPSA) is 99.4 Å². The molecular weight excluding hydrogens is 374 g/mol. The predicted octanol–water partition coefficient (Wildman–Crippen LogP) is 4.66. The van der Waals surface area contributed by atoms with Gasteiger partial charge in [0.25, 0.3) is 0 Å². The first-order valence-corrected chi connectivity index (χ1v) is 9.09. The summed E-state index contributed by atoms with van der Waals surface area (Å²) in [4.78, 5) is 17.4. The Morgan fingerprint density at radius 3 is 2.57 bits per heavy atom. The summed E-state index contributed by atoms with van der Waals surface area (Å²) in [5.74, 6) is 1.68. The van der Waals surface area contributed by atoms with Gasteiger partial charge in [0.1, 0.15) is 34.2 Å². The molecule has 3 rings (SSSR count). The molecule has 28 heavy (non-hydrogen) atoms. The zero-order valence-corrected chi connectivity index (χ0v) is 16.6. The monoisotopic (exact) mass is 393 g/mol. The molecule has 8 heteroatoms. The number of halogens is 1. The third-order valence-electron chi connectivity index (χ3n) is 3.62. The predicted molar refractivity (Wildman–Crippen MR) is 110 cm³/mol. The Bertz CT molecular complexity index is 1020. The molecule has 0 radical (unpaired) electrons. The van der Waals surface area contributed by atoms with E-state index in [2.05, 4.69) is 51.3 Å². The second-order valence-electron chi connectivity index (χ2n) is 7.39. The van der Waals surface area contributed by atoms with Crippen molar-refractivity contribution in [2.45, 2.75) is 20.8 Å². The van der Waals surface area contributed by atoms with E-state index in [1.54, 1.807) is 36.5 Å². The molecule has 0 atom stereocenters. The van der Waals surface area contributed by atoms with Crippen molar-refractivity contribution in [3.8, 4) is 17.6 Å². The minimum Gasteiger partial charge on any atom is -0.369 e. The molecule has 0 spiro atoms. The van der Waals surface area contributed by atoms with Gasteiger partial charge < -0.3 is 10.6 Å². The van der Waals surface area contributed by atoms with E-state index in [9.17, 15) is 0 Å². The van der Waals surface area contributed by atoms with E-state index in [4.69, 9.17) is 16.9 Å². The van der Waals surface area contributed by atoms with Crippen LogP contribution in [-0.4, -0.2) is 26.5 Å². The zero-order chi connectivity index (χ0) is 20.1. The Morgan fingerprint density at radius 1 is 1.07 bits per heavy atom. The number of hydrogen-bond acceptors (Lipinski definition) is 7. The highest BCUT2D eigenvalue weighted by atomic mass is 35.5. The van der Waals surface area contributed by atoms with Gasteiger partial charge >= 0.3 is 0 Å². The lowest BCUT2D eigenvalue weighted by molar-refractivity contribution is 0.442. The van der Waals surface area contributed by atoms with E-state index in [1.807, 2.05) is 12.1 Å². The highest BCUT2D eigenvalue weighted by Crippen LogP contribution is 2.24. The van der Waals surface area contributed by atoms with Crippen molar-refractivity contribution in [3.63, 3.8) is 0 Å². The van der Waals surface area contributed by atoms with Crippen LogP contribution in [0.1, 0.15) is 26.5 Å². The first-order valence-electron chi connectivity index (χ1n) is 8.71. The number of aromatic nitrogens is 4. The van der Waals surface area contributed by atoms with Gasteiger partial charge in [-0.3, -0.25) is 0 Å². The van der Waals surface area contributed by atoms with E-state index in [0.29, 0.717) is 39.7 Å². The molecular formula is C20H20ClN7. The van der Waals surface area contributed by atoms with Gasteiger partial charge in [-0.1, -0.05) is 38.4 Å². The van der Waals surface area contributed by atoms with Crippen molar-refractivity contribution in [1.29, 1.82) is 5.26 Å². The summed E-state index contributed by atoms with van der Waals surface area (Å²) in [5.41, 5.74) is 1.68. The van der Waals surface area contributed by atoms with Gasteiger partial charge in [-0.2, -0.15) is 5.26 Å². The summed E-state index contributed by atoms with van der Waals surface area (Å²) in [6.07, 6.45) is 1.57. The second-order valence-corrected chi connectivity index (χ2v) is 7.78. The number of anilines is 3. The summed E-state index contributed by atoms with van der Waals surface area (Å²) in [7, 11) is 0. The third kappa shape index (κ3) is 5.38. The SMILES string of the molecule is CC(C)(C)CNc1cc(Nc2ccnc(C#N)c2)nc(-c2cccc(Cl)n2)n1. The maximum atomic E-state index is 9.04. The first kappa shape index (κ1) is 19.5. The van der Waals surface area contributed by atoms with Crippen LogP contribution in [0.4, 0.5) is 17.3 Å². The summed E-state index contributed by atoms with van der Waals surface area (Å²) in [6, 6.07) is 12.6. The molecule has 3 aromatic heterocycles. The average Bonchev–Trinajstić information content (AvgIpc) is 2.66. The Morgan fingerprint density at radius 2 is 1.86 bits per heavy atom. The minimum atomic E-state index is 0.0831. The number of nitrogens with zero attached hydrogens (tertiary/aromatic N) is 5. The molecule has 3 aromatic rings. The van der Waals surface area contributed by atoms with Gasteiger partial charge in [-0.05, 0) is 29.7 Å². The van der Waals surface area contributed by atoms with Crippen molar-refractivity contribution in [2.75, 3.05) is 17.2 Å². The molecule has 0 fully saturated rings. The van der Waals surface area contributed by atoms with Crippen LogP contribution in [0.15, 0.2) is 42.6 Å². The molecule has 0 aliphatic carbocycles. The molecule has 0 saturated heterocycles. The van der Waals surface area contributed by atoms with Gasteiger partial charge in [-0.25, -0.2) is 19.9 Å². The first-order chi connectivity index (χ1) is 13.3. The smallest absolute Gasteiger partial charge is 0.182 e. The van der Waals surface area contributed by atoms with Crippen molar-refractivity contribution < 1.29 is 0 Å². The van der Waals surface area contributed by atoms with E-state index in [0.717, 1.165) is 6.54 Å². The molecule has 0 amide bonds. The van der Waals surface area contributed by atoms with Gasteiger partial charge in [0.2, 0.25) is 0 Å². The molecule has 0 aliphatic rings. The Hall–Kier alpha value is -3.24. The number of rotatable bonds is 5. The molecule has 0 unspecified atom stereocenters.